The number of thiocarbonyl (C=S) groups is 1. The average molecular weight is 1030 g/mol. The van der Waals surface area contributed by atoms with Crippen LogP contribution in [0, 0.1) is 29.6 Å². The second-order valence-corrected chi connectivity index (χ2v) is 22.8. The third-order valence-electron chi connectivity index (χ3n) is 15.1. The topological polar surface area (TPSA) is 150 Å². The summed E-state index contributed by atoms with van der Waals surface area (Å²) in [5.41, 5.74) is 14.0. The summed E-state index contributed by atoms with van der Waals surface area (Å²) in [5.74, 6) is 1.46. The van der Waals surface area contributed by atoms with Crippen LogP contribution in [0.4, 0.5) is 27.9 Å². The van der Waals surface area contributed by atoms with E-state index in [-0.39, 0.29) is 28.9 Å². The number of methoxy groups -OCH3 is 2. The molecule has 4 N–H and O–H groups in total. The summed E-state index contributed by atoms with van der Waals surface area (Å²) in [6.07, 6.45) is 13.4. The Hall–Kier alpha value is -6.06. The molecule has 0 bridgehead atoms. The number of nitrogens with one attached hydrogen (secondary N) is 4. The average Bonchev–Trinajstić information content (AvgIpc) is 4.36. The van der Waals surface area contributed by atoms with E-state index in [0.717, 1.165) is 107 Å². The van der Waals surface area contributed by atoms with Crippen molar-refractivity contribution < 1.29 is 23.9 Å². The van der Waals surface area contributed by atoms with Gasteiger partial charge in [0.05, 0.1) is 48.1 Å². The first kappa shape index (κ1) is 51.8. The Bertz CT molecular complexity index is 2770. The van der Waals surface area contributed by atoms with Crippen LogP contribution in [0.2, 0.25) is 0 Å². The standard InChI is InChI=1S/C58H72N8O5S2/c1-35(2)33-65(41-16-8-7-9-17-41)52-28-26-40(44-20-11-13-22-46(44)56(69)71-6)31-50(52)60-58-64-62-54(73-58)48-32-47(48)38-15-14-18-42(29-38)66(34-36(3)4)51-27-25-39(43-19-10-12-21-45(43)55(68)70-5)30-49(51)59-57(72)63-61-53(67)37-23-24-37/h10-13,19-22,25-28,30-31,35-38,41-42,47-48H,7-9,14-18,23-24,29,32-34H2,1-6H3,(H,60,64)(H,61,67)(H2,59,63,72). The van der Waals surface area contributed by atoms with Crippen LogP contribution in [-0.4, -0.2) is 72.5 Å². The van der Waals surface area contributed by atoms with Crippen LogP contribution in [0.1, 0.15) is 136 Å². The van der Waals surface area contributed by atoms with Gasteiger partial charge in [0.15, 0.2) is 5.11 Å². The molecule has 15 heteroatoms. The van der Waals surface area contributed by atoms with E-state index in [4.69, 9.17) is 31.9 Å². The molecule has 0 aliphatic heterocycles. The predicted octanol–water partition coefficient (Wildman–Crippen LogP) is 12.5. The number of carbonyl (C=O) groups is 3. The van der Waals surface area contributed by atoms with Crippen molar-refractivity contribution in [3.05, 3.63) is 101 Å². The van der Waals surface area contributed by atoms with E-state index in [1.807, 2.05) is 42.5 Å². The zero-order chi connectivity index (χ0) is 51.2. The van der Waals surface area contributed by atoms with Crippen molar-refractivity contribution in [2.45, 2.75) is 123 Å². The summed E-state index contributed by atoms with van der Waals surface area (Å²) in [4.78, 5) is 43.6. The van der Waals surface area contributed by atoms with E-state index in [1.165, 1.54) is 52.7 Å². The van der Waals surface area contributed by atoms with Gasteiger partial charge in [0.2, 0.25) is 11.0 Å². The number of carbonyl (C=O) groups excluding carboxylic acids is 3. The summed E-state index contributed by atoms with van der Waals surface area (Å²) in [5, 5.41) is 19.0. The molecule has 73 heavy (non-hydrogen) atoms. The molecule has 4 fully saturated rings. The molecule has 4 unspecified atom stereocenters. The minimum absolute atomic E-state index is 0.0275. The highest BCUT2D eigenvalue weighted by atomic mass is 32.1. The zero-order valence-electron chi connectivity index (χ0n) is 43.2. The Morgan fingerprint density at radius 2 is 1.25 bits per heavy atom. The van der Waals surface area contributed by atoms with Gasteiger partial charge in [-0.05, 0) is 139 Å². The maximum Gasteiger partial charge on any atom is 0.338 e. The number of aromatic nitrogens is 2. The van der Waals surface area contributed by atoms with E-state index in [0.29, 0.717) is 46.8 Å². The molecule has 5 aromatic rings. The van der Waals surface area contributed by atoms with Gasteiger partial charge in [-0.3, -0.25) is 15.6 Å². The Morgan fingerprint density at radius 1 is 0.671 bits per heavy atom. The number of anilines is 5. The number of hydrogen-bond donors (Lipinski definition) is 4. The number of benzene rings is 4. The number of hydrazine groups is 1. The van der Waals surface area contributed by atoms with E-state index in [2.05, 4.69) is 95.4 Å². The van der Waals surface area contributed by atoms with Crippen LogP contribution in [-0.2, 0) is 14.3 Å². The minimum Gasteiger partial charge on any atom is -0.465 e. The number of rotatable bonds is 18. The third-order valence-corrected chi connectivity index (χ3v) is 16.3. The summed E-state index contributed by atoms with van der Waals surface area (Å²) in [6.45, 7) is 10.9. The van der Waals surface area contributed by atoms with Crippen LogP contribution in [0.5, 0.6) is 0 Å². The SMILES string of the molecule is COC(=O)c1ccccc1-c1ccc(N(CC(C)C)C2CCCC(C3CC3c3nnc(Nc4cc(-c5ccccc5C(=O)OC)ccc4N(CC(C)C)C4CCCCC4)s3)C2)c(NC(=S)NNC(=O)C2CC2)c1. The van der Waals surface area contributed by atoms with Gasteiger partial charge in [0, 0.05) is 37.0 Å². The van der Waals surface area contributed by atoms with Gasteiger partial charge >= 0.3 is 11.9 Å². The Balaban J connectivity index is 0.960. The van der Waals surface area contributed by atoms with Gasteiger partial charge in [-0.15, -0.1) is 10.2 Å². The quantitative estimate of drug-likeness (QED) is 0.0375. The molecule has 4 saturated carbocycles. The Labute approximate surface area is 440 Å². The first-order chi connectivity index (χ1) is 35.4. The van der Waals surface area contributed by atoms with Crippen LogP contribution >= 0.6 is 23.6 Å². The number of hydrogen-bond acceptors (Lipinski definition) is 12. The Morgan fingerprint density at radius 3 is 1.85 bits per heavy atom. The second kappa shape index (κ2) is 23.4. The smallest absolute Gasteiger partial charge is 0.338 e. The molecule has 9 rings (SSSR count). The summed E-state index contributed by atoms with van der Waals surface area (Å²) < 4.78 is 10.4. The highest BCUT2D eigenvalue weighted by molar-refractivity contribution is 7.80. The van der Waals surface area contributed by atoms with Crippen molar-refractivity contribution in [1.29, 1.82) is 0 Å². The first-order valence-corrected chi connectivity index (χ1v) is 27.8. The van der Waals surface area contributed by atoms with Gasteiger partial charge in [-0.25, -0.2) is 9.59 Å². The van der Waals surface area contributed by atoms with Crippen LogP contribution < -0.4 is 31.3 Å². The van der Waals surface area contributed by atoms with E-state index in [1.54, 1.807) is 17.4 Å². The maximum atomic E-state index is 13.0. The lowest BCUT2D eigenvalue weighted by Gasteiger charge is -2.41. The zero-order valence-corrected chi connectivity index (χ0v) is 44.9. The molecule has 4 aliphatic rings. The van der Waals surface area contributed by atoms with Gasteiger partial charge in [-0.2, -0.15) is 0 Å². The Kier molecular flexibility index (Phi) is 16.6. The molecule has 1 heterocycles. The molecular weight excluding hydrogens is 953 g/mol. The normalized spacial score (nSPS) is 19.7. The maximum absolute atomic E-state index is 13.0. The van der Waals surface area contributed by atoms with E-state index < -0.39 is 5.97 Å². The third kappa shape index (κ3) is 12.5. The van der Waals surface area contributed by atoms with E-state index >= 15 is 0 Å². The van der Waals surface area contributed by atoms with Gasteiger partial charge in [0.25, 0.3) is 0 Å². The molecule has 386 valence electrons. The highest BCUT2D eigenvalue weighted by Crippen LogP contribution is 2.57. The molecule has 0 radical (unpaired) electrons. The van der Waals surface area contributed by atoms with Crippen molar-refractivity contribution in [1.82, 2.24) is 21.0 Å². The number of amides is 1. The number of esters is 2. The molecular formula is C58H72N8O5S2. The lowest BCUT2D eigenvalue weighted by Crippen LogP contribution is -2.45. The molecule has 13 nitrogen and oxygen atoms in total. The molecule has 0 saturated heterocycles. The van der Waals surface area contributed by atoms with Gasteiger partial charge < -0.3 is 29.9 Å². The van der Waals surface area contributed by atoms with Crippen molar-refractivity contribution >= 4 is 74.4 Å². The molecule has 1 aromatic heterocycles. The summed E-state index contributed by atoms with van der Waals surface area (Å²) >= 11 is 7.46. The number of ether oxygens (including phenoxy) is 2. The highest BCUT2D eigenvalue weighted by Gasteiger charge is 2.48. The summed E-state index contributed by atoms with van der Waals surface area (Å²) in [7, 11) is 2.83. The molecule has 1 amide bonds. The molecule has 0 spiro atoms. The second-order valence-electron chi connectivity index (χ2n) is 21.4. The van der Waals surface area contributed by atoms with Gasteiger partial charge in [-0.1, -0.05) is 120 Å². The van der Waals surface area contributed by atoms with Crippen molar-refractivity contribution in [3.63, 3.8) is 0 Å². The number of nitrogens with zero attached hydrogens (tertiary/aromatic N) is 4. The van der Waals surface area contributed by atoms with E-state index in [9.17, 15) is 14.4 Å². The van der Waals surface area contributed by atoms with Crippen LogP contribution in [0.15, 0.2) is 84.9 Å². The van der Waals surface area contributed by atoms with Crippen molar-refractivity contribution in [2.75, 3.05) is 47.7 Å². The molecule has 4 atom stereocenters. The fraction of sp³-hybridized carbons (Fsp3) is 0.483. The predicted molar refractivity (Wildman–Crippen MR) is 298 cm³/mol. The lowest BCUT2D eigenvalue weighted by molar-refractivity contribution is -0.122. The molecule has 4 aliphatic carbocycles. The van der Waals surface area contributed by atoms with Gasteiger partial charge in [0.1, 0.15) is 5.01 Å². The van der Waals surface area contributed by atoms with Crippen LogP contribution in [0.3, 0.4) is 0 Å². The van der Waals surface area contributed by atoms with Crippen molar-refractivity contribution in [2.24, 2.45) is 29.6 Å². The lowest BCUT2D eigenvalue weighted by atomic mass is 9.81. The first-order valence-electron chi connectivity index (χ1n) is 26.5. The molecule has 4 aromatic carbocycles. The van der Waals surface area contributed by atoms with Crippen LogP contribution in [0.25, 0.3) is 22.3 Å². The monoisotopic (exact) mass is 1020 g/mol. The largest absolute Gasteiger partial charge is 0.465 e. The van der Waals surface area contributed by atoms with Crippen molar-refractivity contribution in [3.8, 4) is 22.3 Å². The fourth-order valence-electron chi connectivity index (χ4n) is 11.4. The summed E-state index contributed by atoms with van der Waals surface area (Å²) in [6, 6.07) is 28.7. The fourth-order valence-corrected chi connectivity index (χ4v) is 12.5. The minimum atomic E-state index is -0.402.